The van der Waals surface area contributed by atoms with Crippen LogP contribution >= 0.6 is 0 Å². The molecule has 0 atom stereocenters. The van der Waals surface area contributed by atoms with Gasteiger partial charge in [-0.25, -0.2) is 0 Å². The van der Waals surface area contributed by atoms with Crippen LogP contribution in [0, 0.1) is 0 Å². The van der Waals surface area contributed by atoms with Crippen LogP contribution in [0.5, 0.6) is 0 Å². The molecule has 1 amide bonds. The molecule has 0 spiro atoms. The van der Waals surface area contributed by atoms with Gasteiger partial charge in [0.05, 0.1) is 0 Å². The van der Waals surface area contributed by atoms with Crippen molar-refractivity contribution in [3.8, 4) is 0 Å². The van der Waals surface area contributed by atoms with Gasteiger partial charge >= 0.3 is 0 Å². The van der Waals surface area contributed by atoms with Gasteiger partial charge in [0.25, 0.3) is 5.91 Å². The Morgan fingerprint density at radius 1 is 1.00 bits per heavy atom. The normalized spacial score (nSPS) is 10.5. The molecular weight excluding hydrogens is 274 g/mol. The minimum atomic E-state index is -0.0311. The Labute approximate surface area is 132 Å². The van der Waals surface area contributed by atoms with E-state index in [2.05, 4.69) is 22.8 Å². The smallest absolute Gasteiger partial charge is 0.251 e. The molecular formula is C18H23N3O. The van der Waals surface area contributed by atoms with Gasteiger partial charge in [0.2, 0.25) is 0 Å². The Hall–Kier alpha value is -2.33. The van der Waals surface area contributed by atoms with Crippen LogP contribution in [0.4, 0.5) is 5.69 Å². The van der Waals surface area contributed by atoms with Gasteiger partial charge in [-0.2, -0.15) is 0 Å². The lowest BCUT2D eigenvalue weighted by atomic mass is 10.2. The number of rotatable bonds is 7. The van der Waals surface area contributed by atoms with Crippen LogP contribution in [0.1, 0.15) is 15.9 Å². The van der Waals surface area contributed by atoms with Gasteiger partial charge in [-0.05, 0) is 43.9 Å². The van der Waals surface area contributed by atoms with Crippen molar-refractivity contribution in [1.82, 2.24) is 10.2 Å². The molecule has 0 fully saturated rings. The molecule has 0 aliphatic rings. The maximum Gasteiger partial charge on any atom is 0.251 e. The molecule has 0 aliphatic heterocycles. The van der Waals surface area contributed by atoms with E-state index in [9.17, 15) is 4.79 Å². The Kier molecular flexibility index (Phi) is 5.98. The molecule has 22 heavy (non-hydrogen) atoms. The lowest BCUT2D eigenvalue weighted by Gasteiger charge is -2.11. The summed E-state index contributed by atoms with van der Waals surface area (Å²) in [6.07, 6.45) is 0. The average molecular weight is 297 g/mol. The highest BCUT2D eigenvalue weighted by Gasteiger charge is 2.04. The van der Waals surface area contributed by atoms with Crippen LogP contribution < -0.4 is 10.6 Å². The fourth-order valence-corrected chi connectivity index (χ4v) is 2.03. The Morgan fingerprint density at radius 2 is 1.68 bits per heavy atom. The van der Waals surface area contributed by atoms with E-state index in [1.54, 1.807) is 0 Å². The van der Waals surface area contributed by atoms with Gasteiger partial charge in [-0.1, -0.05) is 30.3 Å². The predicted octanol–water partition coefficient (Wildman–Crippen LogP) is 2.59. The molecule has 116 valence electrons. The number of benzene rings is 2. The number of likely N-dealkylation sites (N-methyl/N-ethyl adjacent to an activating group) is 1. The van der Waals surface area contributed by atoms with Crippen molar-refractivity contribution in [3.63, 3.8) is 0 Å². The first-order valence-electron chi connectivity index (χ1n) is 7.46. The minimum absolute atomic E-state index is 0.0311. The summed E-state index contributed by atoms with van der Waals surface area (Å²) < 4.78 is 0. The highest BCUT2D eigenvalue weighted by atomic mass is 16.1. The second kappa shape index (κ2) is 8.20. The van der Waals surface area contributed by atoms with Gasteiger partial charge in [-0.15, -0.1) is 0 Å². The van der Waals surface area contributed by atoms with E-state index in [4.69, 9.17) is 0 Å². The third-order valence-corrected chi connectivity index (χ3v) is 3.33. The molecule has 0 unspecified atom stereocenters. The van der Waals surface area contributed by atoms with E-state index in [0.29, 0.717) is 12.1 Å². The molecule has 0 aromatic heterocycles. The molecule has 2 aromatic carbocycles. The fourth-order valence-electron chi connectivity index (χ4n) is 2.03. The predicted molar refractivity (Wildman–Crippen MR) is 91.1 cm³/mol. The summed E-state index contributed by atoms with van der Waals surface area (Å²) in [7, 11) is 3.97. The molecule has 4 heteroatoms. The molecule has 0 saturated heterocycles. The SMILES string of the molecule is CN(C)CCNC(=O)c1ccc(NCc2ccccc2)cc1. The van der Waals surface area contributed by atoms with Crippen molar-refractivity contribution in [2.45, 2.75) is 6.54 Å². The second-order valence-corrected chi connectivity index (χ2v) is 5.48. The molecule has 0 saturated carbocycles. The number of hydrogen-bond donors (Lipinski definition) is 2. The van der Waals surface area contributed by atoms with E-state index in [0.717, 1.165) is 18.8 Å². The lowest BCUT2D eigenvalue weighted by Crippen LogP contribution is -2.31. The van der Waals surface area contributed by atoms with Gasteiger partial charge < -0.3 is 15.5 Å². The monoisotopic (exact) mass is 297 g/mol. The molecule has 0 bridgehead atoms. The summed E-state index contributed by atoms with van der Waals surface area (Å²) in [6.45, 7) is 2.26. The van der Waals surface area contributed by atoms with Gasteiger partial charge in [0.1, 0.15) is 0 Å². The summed E-state index contributed by atoms with van der Waals surface area (Å²) in [5.41, 5.74) is 2.92. The van der Waals surface area contributed by atoms with E-state index >= 15 is 0 Å². The summed E-state index contributed by atoms with van der Waals surface area (Å²) in [5, 5.41) is 6.25. The Balaban J connectivity index is 1.83. The topological polar surface area (TPSA) is 44.4 Å². The van der Waals surface area contributed by atoms with Gasteiger partial charge in [-0.3, -0.25) is 4.79 Å². The average Bonchev–Trinajstić information content (AvgIpc) is 2.54. The first kappa shape index (κ1) is 16.0. The van der Waals surface area contributed by atoms with E-state index < -0.39 is 0 Å². The lowest BCUT2D eigenvalue weighted by molar-refractivity contribution is 0.0951. The zero-order valence-electron chi connectivity index (χ0n) is 13.2. The number of carbonyl (C=O) groups excluding carboxylic acids is 1. The van der Waals surface area contributed by atoms with Crippen molar-refractivity contribution < 1.29 is 4.79 Å². The second-order valence-electron chi connectivity index (χ2n) is 5.48. The summed E-state index contributed by atoms with van der Waals surface area (Å²) in [4.78, 5) is 14.0. The number of carbonyl (C=O) groups is 1. The number of nitrogens with zero attached hydrogens (tertiary/aromatic N) is 1. The largest absolute Gasteiger partial charge is 0.381 e. The molecule has 2 rings (SSSR count). The van der Waals surface area contributed by atoms with Crippen molar-refractivity contribution >= 4 is 11.6 Å². The zero-order valence-corrected chi connectivity index (χ0v) is 13.2. The highest BCUT2D eigenvalue weighted by Crippen LogP contribution is 2.11. The van der Waals surface area contributed by atoms with E-state index in [1.165, 1.54) is 5.56 Å². The number of amides is 1. The molecule has 2 N–H and O–H groups in total. The Morgan fingerprint density at radius 3 is 2.32 bits per heavy atom. The Bertz CT molecular complexity index is 579. The van der Waals surface area contributed by atoms with Gasteiger partial charge in [0, 0.05) is 30.9 Å². The van der Waals surface area contributed by atoms with E-state index in [-0.39, 0.29) is 5.91 Å². The van der Waals surface area contributed by atoms with Crippen LogP contribution in [0.2, 0.25) is 0 Å². The minimum Gasteiger partial charge on any atom is -0.381 e. The summed E-state index contributed by atoms with van der Waals surface area (Å²) in [6, 6.07) is 17.8. The molecule has 0 aliphatic carbocycles. The third kappa shape index (κ3) is 5.22. The van der Waals surface area contributed by atoms with Crippen LogP contribution in [-0.2, 0) is 6.54 Å². The van der Waals surface area contributed by atoms with Crippen LogP contribution in [0.15, 0.2) is 54.6 Å². The maximum atomic E-state index is 12.0. The molecule has 4 nitrogen and oxygen atoms in total. The van der Waals surface area contributed by atoms with Gasteiger partial charge in [0.15, 0.2) is 0 Å². The van der Waals surface area contributed by atoms with Crippen LogP contribution in [0.3, 0.4) is 0 Å². The number of anilines is 1. The first-order valence-corrected chi connectivity index (χ1v) is 7.46. The van der Waals surface area contributed by atoms with E-state index in [1.807, 2.05) is 61.5 Å². The zero-order chi connectivity index (χ0) is 15.8. The standard InChI is InChI=1S/C18H23N3O/c1-21(2)13-12-19-18(22)16-8-10-17(11-9-16)20-14-15-6-4-3-5-7-15/h3-11,20H,12-14H2,1-2H3,(H,19,22). The van der Waals surface area contributed by atoms with Crippen molar-refractivity contribution in [2.75, 3.05) is 32.5 Å². The molecule has 0 heterocycles. The molecule has 0 radical (unpaired) electrons. The van der Waals surface area contributed by atoms with Crippen LogP contribution in [-0.4, -0.2) is 38.0 Å². The number of hydrogen-bond acceptors (Lipinski definition) is 3. The third-order valence-electron chi connectivity index (χ3n) is 3.33. The van der Waals surface area contributed by atoms with Crippen molar-refractivity contribution in [2.24, 2.45) is 0 Å². The first-order chi connectivity index (χ1) is 10.6. The van der Waals surface area contributed by atoms with Crippen molar-refractivity contribution in [1.29, 1.82) is 0 Å². The molecule has 2 aromatic rings. The van der Waals surface area contributed by atoms with Crippen molar-refractivity contribution in [3.05, 3.63) is 65.7 Å². The fraction of sp³-hybridized carbons (Fsp3) is 0.278. The van der Waals surface area contributed by atoms with Crippen LogP contribution in [0.25, 0.3) is 0 Å². The highest BCUT2D eigenvalue weighted by molar-refractivity contribution is 5.94. The quantitative estimate of drug-likeness (QED) is 0.825. The summed E-state index contributed by atoms with van der Waals surface area (Å²) >= 11 is 0. The maximum absolute atomic E-state index is 12.0. The number of nitrogens with one attached hydrogen (secondary N) is 2. The summed E-state index contributed by atoms with van der Waals surface area (Å²) in [5.74, 6) is -0.0311.